The van der Waals surface area contributed by atoms with Crippen molar-refractivity contribution in [3.8, 4) is 0 Å². The van der Waals surface area contributed by atoms with Crippen LogP contribution < -0.4 is 0 Å². The van der Waals surface area contributed by atoms with Crippen molar-refractivity contribution >= 4 is 9.73 Å². The van der Waals surface area contributed by atoms with Gasteiger partial charge in [0.1, 0.15) is 6.33 Å². The van der Waals surface area contributed by atoms with Gasteiger partial charge in [-0.05, 0) is 0 Å². The molecule has 0 radical (unpaired) electrons. The van der Waals surface area contributed by atoms with Gasteiger partial charge >= 0.3 is 0 Å². The van der Waals surface area contributed by atoms with Crippen molar-refractivity contribution in [3.05, 3.63) is 17.7 Å². The maximum Gasteiger partial charge on any atom is 0.116 e. The molecule has 0 saturated carbocycles. The molecule has 5 heteroatoms. The minimum atomic E-state index is -2.64. The van der Waals surface area contributed by atoms with Crippen molar-refractivity contribution in [3.63, 3.8) is 0 Å². The number of aromatic nitrogens is 2. The van der Waals surface area contributed by atoms with E-state index in [-0.39, 0.29) is 5.41 Å². The largest absolute Gasteiger partial charge is 0.249 e. The zero-order valence-corrected chi connectivity index (χ0v) is 10.0. The summed E-state index contributed by atoms with van der Waals surface area (Å²) >= 11 is 0. The predicted molar refractivity (Wildman–Crippen MR) is 58.4 cm³/mol. The van der Waals surface area contributed by atoms with E-state index < -0.39 is 9.73 Å². The van der Waals surface area contributed by atoms with E-state index >= 15 is 0 Å². The summed E-state index contributed by atoms with van der Waals surface area (Å²) in [6.45, 7) is 6.05. The average Bonchev–Trinajstić information content (AvgIpc) is 2.41. The Hall–Kier alpha value is -0.970. The Bertz CT molecular complexity index is 500. The van der Waals surface area contributed by atoms with Gasteiger partial charge in [0.2, 0.25) is 0 Å². The minimum Gasteiger partial charge on any atom is -0.249 e. The molecule has 1 aliphatic rings. The molecule has 1 aliphatic heterocycles. The Kier molecular flexibility index (Phi) is 2.12. The number of hydrogen-bond acceptors (Lipinski definition) is 4. The molecule has 0 amide bonds. The highest BCUT2D eigenvalue weighted by Crippen LogP contribution is 2.33. The van der Waals surface area contributed by atoms with E-state index in [0.717, 1.165) is 11.4 Å². The van der Waals surface area contributed by atoms with Crippen LogP contribution in [-0.2, 0) is 21.6 Å². The first-order chi connectivity index (χ1) is 6.82. The topological polar surface area (TPSA) is 66.7 Å². The molecule has 2 heterocycles. The lowest BCUT2D eigenvalue weighted by Crippen LogP contribution is -2.18. The van der Waals surface area contributed by atoms with Gasteiger partial charge in [-0.2, -0.15) is 0 Å². The Morgan fingerprint density at radius 1 is 1.40 bits per heavy atom. The molecule has 0 aliphatic carbocycles. The summed E-state index contributed by atoms with van der Waals surface area (Å²) in [6, 6.07) is 0. The normalized spacial score (nSPS) is 25.3. The number of nitrogens with zero attached hydrogens (tertiary/aromatic N) is 2. The van der Waals surface area contributed by atoms with Crippen LogP contribution in [0.15, 0.2) is 11.2 Å². The van der Waals surface area contributed by atoms with Crippen LogP contribution in [0.4, 0.5) is 0 Å². The number of hydrogen-bond donors (Lipinski definition) is 1. The molecule has 0 spiro atoms. The second kappa shape index (κ2) is 3.01. The van der Waals surface area contributed by atoms with E-state index in [9.17, 15) is 4.21 Å². The fraction of sp³-hybridized carbons (Fsp3) is 0.600. The van der Waals surface area contributed by atoms with E-state index in [1.165, 1.54) is 6.33 Å². The molecule has 1 atom stereocenters. The summed E-state index contributed by atoms with van der Waals surface area (Å²) in [5, 5.41) is 0. The average molecular weight is 225 g/mol. The Balaban J connectivity index is 2.76. The number of nitrogens with one attached hydrogen (secondary N) is 1. The molecule has 1 N–H and O–H groups in total. The van der Waals surface area contributed by atoms with Crippen LogP contribution in [-0.4, -0.2) is 19.9 Å². The van der Waals surface area contributed by atoms with Gasteiger partial charge in [0.15, 0.2) is 0 Å². The van der Waals surface area contributed by atoms with Crippen molar-refractivity contribution in [2.24, 2.45) is 0 Å². The van der Waals surface area contributed by atoms with Crippen molar-refractivity contribution in [1.82, 2.24) is 9.97 Å². The molecule has 0 fully saturated rings. The van der Waals surface area contributed by atoms with Crippen molar-refractivity contribution in [2.45, 2.75) is 37.5 Å². The van der Waals surface area contributed by atoms with Gasteiger partial charge in [0.05, 0.1) is 26.0 Å². The summed E-state index contributed by atoms with van der Waals surface area (Å²) in [6.07, 6.45) is 2.16. The quantitative estimate of drug-likeness (QED) is 0.731. The Morgan fingerprint density at radius 3 is 2.67 bits per heavy atom. The molecule has 1 aromatic rings. The van der Waals surface area contributed by atoms with Gasteiger partial charge in [-0.1, -0.05) is 20.8 Å². The van der Waals surface area contributed by atoms with Gasteiger partial charge in [0.25, 0.3) is 0 Å². The van der Waals surface area contributed by atoms with E-state index in [0.29, 0.717) is 17.1 Å². The van der Waals surface area contributed by atoms with Gasteiger partial charge in [-0.25, -0.2) is 19.0 Å². The van der Waals surface area contributed by atoms with E-state index in [1.807, 2.05) is 20.8 Å². The van der Waals surface area contributed by atoms with Gasteiger partial charge in [0, 0.05) is 17.6 Å². The highest BCUT2D eigenvalue weighted by molar-refractivity contribution is 7.92. The second-order valence-electron chi connectivity index (χ2n) is 4.88. The summed E-state index contributed by atoms with van der Waals surface area (Å²) < 4.78 is 19.9. The number of fused-ring (bicyclic) bond motifs is 1. The maximum atomic E-state index is 12.1. The fourth-order valence-electron chi connectivity index (χ4n) is 1.81. The van der Waals surface area contributed by atoms with Crippen LogP contribution in [0.1, 0.15) is 32.2 Å². The zero-order valence-electron chi connectivity index (χ0n) is 9.20. The van der Waals surface area contributed by atoms with Gasteiger partial charge < -0.3 is 0 Å². The molecule has 1 aromatic heterocycles. The SMILES string of the molecule is CC(C)(C)c1ncnc2c1S(=N)(=O)CC2. The van der Waals surface area contributed by atoms with E-state index in [1.54, 1.807) is 0 Å². The van der Waals surface area contributed by atoms with Crippen LogP contribution in [0.25, 0.3) is 0 Å². The molecule has 82 valence electrons. The smallest absolute Gasteiger partial charge is 0.116 e. The summed E-state index contributed by atoms with van der Waals surface area (Å²) in [5.74, 6) is 0.393. The highest BCUT2D eigenvalue weighted by atomic mass is 32.2. The lowest BCUT2D eigenvalue weighted by molar-refractivity contribution is 0.547. The zero-order chi connectivity index (χ0) is 11.3. The first kappa shape index (κ1) is 10.5. The third-order valence-corrected chi connectivity index (χ3v) is 4.41. The summed E-state index contributed by atoms with van der Waals surface area (Å²) in [5.41, 5.74) is 1.39. The Labute approximate surface area is 90.1 Å². The maximum absolute atomic E-state index is 12.1. The summed E-state index contributed by atoms with van der Waals surface area (Å²) in [4.78, 5) is 8.92. The first-order valence-electron chi connectivity index (χ1n) is 4.93. The molecule has 2 rings (SSSR count). The van der Waals surface area contributed by atoms with Gasteiger partial charge in [-0.3, -0.25) is 0 Å². The predicted octanol–water partition coefficient (Wildman–Crippen LogP) is 1.74. The fourth-order valence-corrected chi connectivity index (χ4v) is 3.70. The van der Waals surface area contributed by atoms with Crippen LogP contribution in [0, 0.1) is 4.78 Å². The number of rotatable bonds is 0. The van der Waals surface area contributed by atoms with Crippen molar-refractivity contribution in [1.29, 1.82) is 4.78 Å². The standard InChI is InChI=1S/C10H15N3OS/c1-10(2,3)9-8-7(12-6-13-9)4-5-15(8,11)14/h6,11H,4-5H2,1-3H3. The molecule has 0 aromatic carbocycles. The van der Waals surface area contributed by atoms with Crippen LogP contribution >= 0.6 is 0 Å². The lowest BCUT2D eigenvalue weighted by atomic mass is 9.91. The van der Waals surface area contributed by atoms with Crippen LogP contribution in [0.5, 0.6) is 0 Å². The first-order valence-corrected chi connectivity index (χ1v) is 6.66. The minimum absolute atomic E-state index is 0.179. The summed E-state index contributed by atoms with van der Waals surface area (Å²) in [7, 11) is -2.64. The van der Waals surface area contributed by atoms with Gasteiger partial charge in [-0.15, -0.1) is 0 Å². The van der Waals surface area contributed by atoms with Crippen molar-refractivity contribution in [2.75, 3.05) is 5.75 Å². The molecule has 0 bridgehead atoms. The molecule has 0 saturated heterocycles. The lowest BCUT2D eigenvalue weighted by Gasteiger charge is -2.20. The van der Waals surface area contributed by atoms with Crippen LogP contribution in [0.3, 0.4) is 0 Å². The van der Waals surface area contributed by atoms with Crippen molar-refractivity contribution < 1.29 is 4.21 Å². The second-order valence-corrected chi connectivity index (χ2v) is 7.04. The molecule has 1 unspecified atom stereocenters. The van der Waals surface area contributed by atoms with E-state index in [2.05, 4.69) is 9.97 Å². The monoisotopic (exact) mass is 225 g/mol. The molecule has 4 nitrogen and oxygen atoms in total. The molecular weight excluding hydrogens is 210 g/mol. The third kappa shape index (κ3) is 1.65. The number of aryl methyl sites for hydroxylation is 1. The third-order valence-electron chi connectivity index (χ3n) is 2.54. The highest BCUT2D eigenvalue weighted by Gasteiger charge is 2.32. The van der Waals surface area contributed by atoms with Crippen LogP contribution in [0.2, 0.25) is 0 Å². The molecule has 15 heavy (non-hydrogen) atoms. The Morgan fingerprint density at radius 2 is 2.07 bits per heavy atom. The van der Waals surface area contributed by atoms with E-state index in [4.69, 9.17) is 4.78 Å². The molecular formula is C10H15N3OS.